The van der Waals surface area contributed by atoms with Gasteiger partial charge in [0.05, 0.1) is 23.6 Å². The summed E-state index contributed by atoms with van der Waals surface area (Å²) in [6, 6.07) is 1.26. The number of halogens is 1. The molecule has 0 spiro atoms. The van der Waals surface area contributed by atoms with E-state index in [9.17, 15) is 38.4 Å². The molecule has 0 bridgehead atoms. The molecule has 0 aromatic heterocycles. The van der Waals surface area contributed by atoms with Crippen LogP contribution in [0.2, 0.25) is 5.02 Å². The third-order valence-corrected chi connectivity index (χ3v) is 6.91. The number of aliphatic hydroxyl groups is 3. The molecule has 11 nitrogen and oxygen atoms in total. The van der Waals surface area contributed by atoms with Crippen LogP contribution in [0.25, 0.3) is 0 Å². The fraction of sp³-hybridized carbons (Fsp3) is 0.500. The van der Waals surface area contributed by atoms with Crippen LogP contribution >= 0.6 is 11.6 Å². The van der Waals surface area contributed by atoms with E-state index in [1.165, 1.54) is 18.2 Å². The fourth-order valence-electron chi connectivity index (χ4n) is 3.06. The molecule has 1 heterocycles. The highest BCUT2D eigenvalue weighted by Crippen LogP contribution is 2.26. The molecule has 0 aliphatic carbocycles. The highest BCUT2D eigenvalue weighted by molar-refractivity contribution is 7.89. The molecule has 1 aromatic carbocycles. The van der Waals surface area contributed by atoms with E-state index in [1.807, 2.05) is 0 Å². The maximum absolute atomic E-state index is 13.0. The summed E-state index contributed by atoms with van der Waals surface area (Å²) in [5, 5.41) is 41.7. The van der Waals surface area contributed by atoms with Crippen molar-refractivity contribution in [3.8, 4) is 0 Å². The van der Waals surface area contributed by atoms with Gasteiger partial charge in [0.1, 0.15) is 18.3 Å². The van der Waals surface area contributed by atoms with E-state index in [0.29, 0.717) is 5.56 Å². The van der Waals surface area contributed by atoms with E-state index in [4.69, 9.17) is 16.3 Å². The predicted molar refractivity (Wildman–Crippen MR) is 117 cm³/mol. The fourth-order valence-corrected chi connectivity index (χ4v) is 4.53. The van der Waals surface area contributed by atoms with Gasteiger partial charge in [-0.3, -0.25) is 4.79 Å². The van der Waals surface area contributed by atoms with Crippen LogP contribution in [0.1, 0.15) is 19.4 Å². The highest BCUT2D eigenvalue weighted by atomic mass is 35.5. The number of rotatable bonds is 9. The Kier molecular flexibility index (Phi) is 8.85. The lowest BCUT2D eigenvalue weighted by Gasteiger charge is -2.40. The standard InChI is InChI=1S/C20H27ClN2O9S/c1-9(2)19(27)22-16-13(23-33(30,31)11-5-4-10(3)12(21)6-11)7-15(20(28)29)32-18(16)17(26)14(25)8-24/h4-7,9,13-14,16-18,23-26H,8H2,1-3H3,(H,22,27)(H,28,29)/t13-,14+,16+,17+,18+/m0/s1. The average molecular weight is 507 g/mol. The zero-order chi connectivity index (χ0) is 25.1. The van der Waals surface area contributed by atoms with Gasteiger partial charge in [-0.05, 0) is 30.7 Å². The van der Waals surface area contributed by atoms with Crippen molar-refractivity contribution in [1.29, 1.82) is 0 Å². The zero-order valence-corrected chi connectivity index (χ0v) is 19.7. The summed E-state index contributed by atoms with van der Waals surface area (Å²) in [7, 11) is -4.28. The molecule has 0 fully saturated rings. The van der Waals surface area contributed by atoms with E-state index in [2.05, 4.69) is 10.0 Å². The van der Waals surface area contributed by atoms with Gasteiger partial charge in [0, 0.05) is 10.9 Å². The van der Waals surface area contributed by atoms with Crippen molar-refractivity contribution in [1.82, 2.24) is 10.0 Å². The molecular formula is C20H27ClN2O9S. The maximum atomic E-state index is 13.0. The highest BCUT2D eigenvalue weighted by Gasteiger charge is 2.45. The number of aliphatic carboxylic acids is 1. The Morgan fingerprint density at radius 1 is 1.24 bits per heavy atom. The van der Waals surface area contributed by atoms with E-state index in [-0.39, 0.29) is 9.92 Å². The Morgan fingerprint density at radius 2 is 1.88 bits per heavy atom. The van der Waals surface area contributed by atoms with Crippen LogP contribution < -0.4 is 10.0 Å². The number of hydrogen-bond acceptors (Lipinski definition) is 8. The van der Waals surface area contributed by atoms with Crippen molar-refractivity contribution in [2.45, 2.75) is 56.1 Å². The SMILES string of the molecule is Cc1ccc(S(=O)(=O)N[C@H]2C=C(C(=O)O)O[C@@H]([C@H](O)[C@H](O)CO)[C@@H]2NC(=O)C(C)C)cc1Cl. The summed E-state index contributed by atoms with van der Waals surface area (Å²) in [5.41, 5.74) is 0.637. The Morgan fingerprint density at radius 3 is 2.39 bits per heavy atom. The predicted octanol–water partition coefficient (Wildman–Crippen LogP) is -0.482. The van der Waals surface area contributed by atoms with E-state index in [1.54, 1.807) is 20.8 Å². The molecule has 2 rings (SSSR count). The minimum atomic E-state index is -4.28. The Labute approximate surface area is 196 Å². The Balaban J connectivity index is 2.54. The van der Waals surface area contributed by atoms with Gasteiger partial charge in [0.2, 0.25) is 21.7 Å². The van der Waals surface area contributed by atoms with Gasteiger partial charge in [-0.25, -0.2) is 17.9 Å². The van der Waals surface area contributed by atoms with Crippen molar-refractivity contribution >= 4 is 33.5 Å². The minimum Gasteiger partial charge on any atom is -0.478 e. The molecule has 6 N–H and O–H groups in total. The molecule has 1 aliphatic rings. The summed E-state index contributed by atoms with van der Waals surface area (Å²) < 4.78 is 33.6. The first-order valence-electron chi connectivity index (χ1n) is 9.96. The number of sulfonamides is 1. The summed E-state index contributed by atoms with van der Waals surface area (Å²) >= 11 is 6.03. The molecule has 184 valence electrons. The lowest BCUT2D eigenvalue weighted by Crippen LogP contribution is -2.64. The summed E-state index contributed by atoms with van der Waals surface area (Å²) in [5.74, 6) is -3.38. The largest absolute Gasteiger partial charge is 0.478 e. The molecule has 0 saturated heterocycles. The number of aliphatic hydroxyl groups excluding tert-OH is 3. The van der Waals surface area contributed by atoms with Crippen LogP contribution in [0.3, 0.4) is 0 Å². The molecule has 1 aromatic rings. The first kappa shape index (κ1) is 27.0. The number of aryl methyl sites for hydroxylation is 1. The molecule has 0 radical (unpaired) electrons. The molecule has 1 amide bonds. The molecule has 0 unspecified atom stereocenters. The van der Waals surface area contributed by atoms with Crippen molar-refractivity contribution in [3.05, 3.63) is 40.6 Å². The van der Waals surface area contributed by atoms with E-state index >= 15 is 0 Å². The molecule has 1 aliphatic heterocycles. The monoisotopic (exact) mass is 506 g/mol. The van der Waals surface area contributed by atoms with Gasteiger partial charge >= 0.3 is 5.97 Å². The quantitative estimate of drug-likeness (QED) is 0.257. The zero-order valence-electron chi connectivity index (χ0n) is 18.1. The van der Waals surface area contributed by atoms with Crippen LogP contribution in [0.4, 0.5) is 0 Å². The van der Waals surface area contributed by atoms with Gasteiger partial charge < -0.3 is 30.5 Å². The molecular weight excluding hydrogens is 480 g/mol. The van der Waals surface area contributed by atoms with Crippen LogP contribution in [0.5, 0.6) is 0 Å². The Bertz CT molecular complexity index is 1030. The number of carbonyl (C=O) groups excluding carboxylic acids is 1. The van der Waals surface area contributed by atoms with Crippen molar-refractivity contribution < 1.29 is 43.2 Å². The van der Waals surface area contributed by atoms with Gasteiger partial charge in [0.15, 0.2) is 0 Å². The summed E-state index contributed by atoms with van der Waals surface area (Å²) in [6.07, 6.45) is -4.29. The van der Waals surface area contributed by atoms with Crippen molar-refractivity contribution in [3.63, 3.8) is 0 Å². The van der Waals surface area contributed by atoms with Gasteiger partial charge in [-0.15, -0.1) is 0 Å². The van der Waals surface area contributed by atoms with Crippen LogP contribution in [-0.4, -0.2) is 77.7 Å². The van der Waals surface area contributed by atoms with Crippen molar-refractivity contribution in [2.24, 2.45) is 5.92 Å². The van der Waals surface area contributed by atoms with Gasteiger partial charge in [-0.1, -0.05) is 31.5 Å². The third kappa shape index (κ3) is 6.43. The second-order valence-corrected chi connectivity index (χ2v) is 10.0. The number of carboxylic acid groups (broad SMARTS) is 1. The van der Waals surface area contributed by atoms with Gasteiger partial charge in [0.25, 0.3) is 0 Å². The lowest BCUT2D eigenvalue weighted by molar-refractivity contribution is -0.146. The second kappa shape index (κ2) is 10.8. The topological polar surface area (TPSA) is 182 Å². The first-order chi connectivity index (χ1) is 15.3. The molecule has 33 heavy (non-hydrogen) atoms. The smallest absolute Gasteiger partial charge is 0.370 e. The number of hydrogen-bond donors (Lipinski definition) is 6. The van der Waals surface area contributed by atoms with Crippen LogP contribution in [0.15, 0.2) is 34.9 Å². The number of carboxylic acids is 1. The molecule has 13 heteroatoms. The van der Waals surface area contributed by atoms with E-state index < -0.39 is 70.6 Å². The van der Waals surface area contributed by atoms with Gasteiger partial charge in [-0.2, -0.15) is 0 Å². The normalized spacial score (nSPS) is 22.8. The minimum absolute atomic E-state index is 0.190. The average Bonchev–Trinajstić information content (AvgIpc) is 2.74. The van der Waals surface area contributed by atoms with Crippen molar-refractivity contribution in [2.75, 3.05) is 6.61 Å². The maximum Gasteiger partial charge on any atom is 0.370 e. The number of carbonyl (C=O) groups is 2. The number of ether oxygens (including phenoxy) is 1. The molecule has 5 atom stereocenters. The van der Waals surface area contributed by atoms with Crippen LogP contribution in [0, 0.1) is 12.8 Å². The summed E-state index contributed by atoms with van der Waals surface area (Å²) in [4.78, 5) is 23.8. The third-order valence-electron chi connectivity index (χ3n) is 5.04. The number of amides is 1. The molecule has 0 saturated carbocycles. The summed E-state index contributed by atoms with van der Waals surface area (Å²) in [6.45, 7) is 3.93. The van der Waals surface area contributed by atoms with Crippen LogP contribution in [-0.2, 0) is 24.3 Å². The lowest BCUT2D eigenvalue weighted by atomic mass is 9.92. The number of benzene rings is 1. The van der Waals surface area contributed by atoms with E-state index in [0.717, 1.165) is 6.08 Å². The first-order valence-corrected chi connectivity index (χ1v) is 11.8. The Hall–Kier alpha value is -2.22. The number of nitrogens with one attached hydrogen (secondary N) is 2. The second-order valence-electron chi connectivity index (χ2n) is 7.91.